The molecule has 0 unspecified atom stereocenters. The molecule has 3 aromatic heterocycles. The lowest BCUT2D eigenvalue weighted by atomic mass is 9.98. The number of para-hydroxylation sites is 2. The summed E-state index contributed by atoms with van der Waals surface area (Å²) in [5.41, 5.74) is 11.3. The number of rotatable bonds is 5. The third-order valence-corrected chi connectivity index (χ3v) is 11.1. The van der Waals surface area contributed by atoms with Gasteiger partial charge in [0.15, 0.2) is 5.58 Å². The highest BCUT2D eigenvalue weighted by Crippen LogP contribution is 2.45. The standard InChI is InChI=1S/C51H30N2O3/c1-2-10-34(11-3-1)51-52-41-29-25-33-21-20-32-24-28-36(30-40(32)47(33)50(41)56-51)53(42-15-9-19-46-49(42)39-13-5-7-17-44(39)55-46)35-26-22-31(23-27-35)37-14-8-18-45-48(37)38-12-4-6-16-43(38)54-45/h1-30H. The molecule has 12 aromatic rings. The third kappa shape index (κ3) is 4.64. The molecule has 3 heterocycles. The van der Waals surface area contributed by atoms with Gasteiger partial charge in [-0.1, -0.05) is 109 Å². The van der Waals surface area contributed by atoms with E-state index in [1.165, 1.54) is 0 Å². The molecular formula is C51H30N2O3. The number of hydrogen-bond acceptors (Lipinski definition) is 5. The molecule has 0 radical (unpaired) electrons. The van der Waals surface area contributed by atoms with E-state index in [0.29, 0.717) is 5.89 Å². The summed E-state index contributed by atoms with van der Waals surface area (Å²) in [5, 5.41) is 8.71. The average Bonchev–Trinajstić information content (AvgIpc) is 3.98. The zero-order valence-corrected chi connectivity index (χ0v) is 29.9. The predicted octanol–water partition coefficient (Wildman–Crippen LogP) is 14.7. The lowest BCUT2D eigenvalue weighted by molar-refractivity contribution is 0.623. The SMILES string of the molecule is c1ccc(-c2nc3ccc4ccc5ccc(N(c6ccc(-c7cccc8oc9ccccc9c78)cc6)c6cccc7oc8ccccc8c67)cc5c4c3o2)cc1. The largest absolute Gasteiger partial charge is 0.456 e. The Hall–Kier alpha value is -7.63. The number of fused-ring (bicyclic) bond motifs is 11. The topological polar surface area (TPSA) is 55.6 Å². The normalized spacial score (nSPS) is 11.9. The van der Waals surface area contributed by atoms with E-state index in [4.69, 9.17) is 18.2 Å². The summed E-state index contributed by atoms with van der Waals surface area (Å²) in [6.45, 7) is 0. The minimum absolute atomic E-state index is 0.612. The van der Waals surface area contributed by atoms with Crippen LogP contribution in [0, 0.1) is 0 Å². The first-order valence-electron chi connectivity index (χ1n) is 18.8. The van der Waals surface area contributed by atoms with Crippen LogP contribution in [0.15, 0.2) is 195 Å². The van der Waals surface area contributed by atoms with Crippen molar-refractivity contribution < 1.29 is 13.3 Å². The van der Waals surface area contributed by atoms with E-state index in [9.17, 15) is 0 Å². The fraction of sp³-hybridized carbons (Fsp3) is 0. The van der Waals surface area contributed by atoms with Crippen molar-refractivity contribution in [1.82, 2.24) is 4.98 Å². The van der Waals surface area contributed by atoms with Gasteiger partial charge in [0.25, 0.3) is 0 Å². The van der Waals surface area contributed by atoms with E-state index < -0.39 is 0 Å². The summed E-state index contributed by atoms with van der Waals surface area (Å²) in [5.74, 6) is 0.612. The first-order chi connectivity index (χ1) is 27.7. The molecule has 262 valence electrons. The van der Waals surface area contributed by atoms with E-state index in [1.807, 2.05) is 60.7 Å². The molecule has 9 aromatic carbocycles. The summed E-state index contributed by atoms with van der Waals surface area (Å²) in [6, 6.07) is 63.3. The van der Waals surface area contributed by atoms with Gasteiger partial charge in [-0.25, -0.2) is 4.98 Å². The molecule has 0 N–H and O–H groups in total. The van der Waals surface area contributed by atoms with Gasteiger partial charge in [-0.15, -0.1) is 0 Å². The number of nitrogens with zero attached hydrogens (tertiary/aromatic N) is 2. The van der Waals surface area contributed by atoms with Crippen molar-refractivity contribution >= 4 is 93.6 Å². The molecule has 12 rings (SSSR count). The minimum Gasteiger partial charge on any atom is -0.456 e. The van der Waals surface area contributed by atoms with Crippen LogP contribution in [0.3, 0.4) is 0 Å². The molecule has 0 saturated heterocycles. The molecule has 0 aliphatic rings. The van der Waals surface area contributed by atoms with Crippen molar-refractivity contribution in [2.45, 2.75) is 0 Å². The molecule has 0 amide bonds. The second-order valence-corrected chi connectivity index (χ2v) is 14.3. The van der Waals surface area contributed by atoms with Crippen molar-refractivity contribution in [3.8, 4) is 22.6 Å². The van der Waals surface area contributed by atoms with E-state index in [0.717, 1.165) is 110 Å². The summed E-state index contributed by atoms with van der Waals surface area (Å²) in [7, 11) is 0. The molecular weight excluding hydrogens is 689 g/mol. The monoisotopic (exact) mass is 718 g/mol. The molecule has 0 aliphatic carbocycles. The second-order valence-electron chi connectivity index (χ2n) is 14.3. The van der Waals surface area contributed by atoms with E-state index in [2.05, 4.69) is 126 Å². The van der Waals surface area contributed by atoms with Crippen molar-refractivity contribution in [2.24, 2.45) is 0 Å². The Labute approximate surface area is 320 Å². The molecule has 0 atom stereocenters. The minimum atomic E-state index is 0.612. The molecule has 5 heteroatoms. The number of oxazole rings is 1. The van der Waals surface area contributed by atoms with Crippen LogP contribution in [0.4, 0.5) is 17.1 Å². The van der Waals surface area contributed by atoms with Crippen LogP contribution >= 0.6 is 0 Å². The van der Waals surface area contributed by atoms with Gasteiger partial charge in [-0.05, 0) is 100 Å². The van der Waals surface area contributed by atoms with Gasteiger partial charge in [0.2, 0.25) is 5.89 Å². The van der Waals surface area contributed by atoms with Crippen LogP contribution in [0.25, 0.3) is 99.1 Å². The second kappa shape index (κ2) is 11.9. The summed E-state index contributed by atoms with van der Waals surface area (Å²) >= 11 is 0. The number of furan rings is 2. The Balaban J connectivity index is 1.09. The molecule has 5 nitrogen and oxygen atoms in total. The zero-order valence-electron chi connectivity index (χ0n) is 29.9. The van der Waals surface area contributed by atoms with E-state index in [-0.39, 0.29) is 0 Å². The summed E-state index contributed by atoms with van der Waals surface area (Å²) in [4.78, 5) is 7.27. The highest BCUT2D eigenvalue weighted by molar-refractivity contribution is 6.19. The molecule has 56 heavy (non-hydrogen) atoms. The van der Waals surface area contributed by atoms with Crippen LogP contribution in [-0.4, -0.2) is 4.98 Å². The van der Waals surface area contributed by atoms with Crippen molar-refractivity contribution in [2.75, 3.05) is 4.90 Å². The van der Waals surface area contributed by atoms with E-state index >= 15 is 0 Å². The van der Waals surface area contributed by atoms with Gasteiger partial charge >= 0.3 is 0 Å². The van der Waals surface area contributed by atoms with Crippen molar-refractivity contribution in [1.29, 1.82) is 0 Å². The quantitative estimate of drug-likeness (QED) is 0.166. The molecule has 0 fully saturated rings. The molecule has 0 saturated carbocycles. The van der Waals surface area contributed by atoms with Gasteiger partial charge in [0, 0.05) is 38.5 Å². The zero-order chi connectivity index (χ0) is 36.7. The average molecular weight is 719 g/mol. The van der Waals surface area contributed by atoms with Gasteiger partial charge in [0.1, 0.15) is 27.8 Å². The first kappa shape index (κ1) is 30.8. The van der Waals surface area contributed by atoms with Crippen LogP contribution in [0.5, 0.6) is 0 Å². The number of hydrogen-bond donors (Lipinski definition) is 0. The maximum absolute atomic E-state index is 6.60. The smallest absolute Gasteiger partial charge is 0.227 e. The third-order valence-electron chi connectivity index (χ3n) is 11.1. The van der Waals surface area contributed by atoms with Crippen LogP contribution in [-0.2, 0) is 0 Å². The Kier molecular flexibility index (Phi) is 6.56. The summed E-state index contributed by atoms with van der Waals surface area (Å²) < 4.78 is 19.3. The maximum Gasteiger partial charge on any atom is 0.227 e. The first-order valence-corrected chi connectivity index (χ1v) is 18.8. The van der Waals surface area contributed by atoms with Crippen LogP contribution < -0.4 is 4.90 Å². The van der Waals surface area contributed by atoms with Crippen LogP contribution in [0.2, 0.25) is 0 Å². The Morgan fingerprint density at radius 3 is 1.82 bits per heavy atom. The molecule has 0 bridgehead atoms. The maximum atomic E-state index is 6.60. The van der Waals surface area contributed by atoms with Gasteiger partial charge in [-0.2, -0.15) is 0 Å². The van der Waals surface area contributed by atoms with Crippen LogP contribution in [0.1, 0.15) is 0 Å². The fourth-order valence-corrected chi connectivity index (χ4v) is 8.53. The van der Waals surface area contributed by atoms with Crippen molar-refractivity contribution in [3.05, 3.63) is 182 Å². The highest BCUT2D eigenvalue weighted by Gasteiger charge is 2.21. The lowest BCUT2D eigenvalue weighted by Gasteiger charge is -2.27. The Bertz CT molecular complexity index is 3480. The van der Waals surface area contributed by atoms with Crippen molar-refractivity contribution in [3.63, 3.8) is 0 Å². The Morgan fingerprint density at radius 2 is 1.02 bits per heavy atom. The summed E-state index contributed by atoms with van der Waals surface area (Å²) in [6.07, 6.45) is 0. The number of anilines is 3. The number of benzene rings is 9. The van der Waals surface area contributed by atoms with Gasteiger partial charge in [0.05, 0.1) is 11.1 Å². The van der Waals surface area contributed by atoms with Gasteiger partial charge < -0.3 is 18.2 Å². The Morgan fingerprint density at radius 1 is 0.393 bits per heavy atom. The van der Waals surface area contributed by atoms with Gasteiger partial charge in [-0.3, -0.25) is 0 Å². The molecule has 0 aliphatic heterocycles. The predicted molar refractivity (Wildman–Crippen MR) is 229 cm³/mol. The molecule has 0 spiro atoms. The van der Waals surface area contributed by atoms with E-state index in [1.54, 1.807) is 0 Å². The number of aromatic nitrogens is 1. The lowest BCUT2D eigenvalue weighted by Crippen LogP contribution is -2.10. The fourth-order valence-electron chi connectivity index (χ4n) is 8.53. The highest BCUT2D eigenvalue weighted by atomic mass is 16.3.